The molecule has 0 heterocycles. The van der Waals surface area contributed by atoms with Crippen molar-refractivity contribution in [3.8, 4) is 5.75 Å². The molecule has 0 unspecified atom stereocenters. The smallest absolute Gasteiger partial charge is 0.333 e. The lowest BCUT2D eigenvalue weighted by Crippen LogP contribution is -2.53. The van der Waals surface area contributed by atoms with Crippen LogP contribution in [0.3, 0.4) is 0 Å². The first-order valence-electron chi connectivity index (χ1n) is 9.21. The molecule has 0 aromatic heterocycles. The van der Waals surface area contributed by atoms with Crippen molar-refractivity contribution in [2.75, 3.05) is 0 Å². The number of urea groups is 1. The number of carbonyl (C=O) groups excluding carboxylic acids is 2. The zero-order valence-electron chi connectivity index (χ0n) is 15.3. The highest BCUT2D eigenvalue weighted by molar-refractivity contribution is 5.85. The molecular weight excluding hydrogens is 346 g/mol. The van der Waals surface area contributed by atoms with E-state index in [4.69, 9.17) is 4.74 Å². The molecule has 0 radical (unpaired) electrons. The zero-order chi connectivity index (χ0) is 19.2. The number of hydrogen-bond acceptors (Lipinski definition) is 4. The Bertz CT molecular complexity index is 803. The van der Waals surface area contributed by atoms with Gasteiger partial charge >= 0.3 is 6.03 Å². The van der Waals surface area contributed by atoms with Crippen LogP contribution in [-0.4, -0.2) is 35.3 Å². The van der Waals surface area contributed by atoms with Gasteiger partial charge in [0, 0.05) is 6.04 Å². The SMILES string of the molecule is C[C@@H](Oc1ccc2ccccc2c1)C(=O)NNC(=O)NC1CCC(O)CC1. The average Bonchev–Trinajstić information content (AvgIpc) is 2.67. The molecule has 1 atom stereocenters. The van der Waals surface area contributed by atoms with Crippen LogP contribution in [0.25, 0.3) is 10.8 Å². The Hall–Kier alpha value is -2.80. The quantitative estimate of drug-likeness (QED) is 0.619. The molecule has 144 valence electrons. The number of aliphatic hydroxyl groups excluding tert-OH is 1. The standard InChI is InChI=1S/C20H25N3O4/c1-13(27-18-11-6-14-4-2-3-5-15(14)12-18)19(25)22-23-20(26)21-16-7-9-17(24)10-8-16/h2-6,11-13,16-17,24H,7-10H2,1H3,(H,22,25)(H2,21,23,26)/t13-,16?,17?/m1/s1. The van der Waals surface area contributed by atoms with E-state index in [1.807, 2.05) is 42.5 Å². The maximum absolute atomic E-state index is 12.1. The van der Waals surface area contributed by atoms with Gasteiger partial charge in [-0.3, -0.25) is 10.2 Å². The van der Waals surface area contributed by atoms with Crippen molar-refractivity contribution in [2.45, 2.75) is 50.9 Å². The molecule has 1 fully saturated rings. The number of hydrogen-bond donors (Lipinski definition) is 4. The van der Waals surface area contributed by atoms with Crippen LogP contribution in [0.1, 0.15) is 32.6 Å². The molecule has 2 aromatic rings. The first kappa shape index (κ1) is 19.0. The normalized spacial score (nSPS) is 20.5. The van der Waals surface area contributed by atoms with Gasteiger partial charge in [0.1, 0.15) is 5.75 Å². The van der Waals surface area contributed by atoms with Crippen LogP contribution in [0.15, 0.2) is 42.5 Å². The fourth-order valence-electron chi connectivity index (χ4n) is 3.16. The number of amides is 3. The van der Waals surface area contributed by atoms with Crippen LogP contribution in [0.2, 0.25) is 0 Å². The summed E-state index contributed by atoms with van der Waals surface area (Å²) in [5.74, 6) is 0.138. The van der Waals surface area contributed by atoms with Gasteiger partial charge in [-0.05, 0) is 55.5 Å². The Morgan fingerprint density at radius 3 is 2.48 bits per heavy atom. The van der Waals surface area contributed by atoms with Gasteiger partial charge in [0.15, 0.2) is 6.10 Å². The van der Waals surface area contributed by atoms with Crippen molar-refractivity contribution >= 4 is 22.7 Å². The predicted octanol–water partition coefficient (Wildman–Crippen LogP) is 2.24. The number of aliphatic hydroxyl groups is 1. The van der Waals surface area contributed by atoms with Gasteiger partial charge in [0.05, 0.1) is 6.10 Å². The maximum Gasteiger partial charge on any atom is 0.333 e. The van der Waals surface area contributed by atoms with Gasteiger partial charge < -0.3 is 15.2 Å². The third-order valence-electron chi connectivity index (χ3n) is 4.73. The Morgan fingerprint density at radius 2 is 1.74 bits per heavy atom. The molecule has 7 nitrogen and oxygen atoms in total. The fraction of sp³-hybridized carbons (Fsp3) is 0.400. The van der Waals surface area contributed by atoms with E-state index in [0.29, 0.717) is 18.6 Å². The van der Waals surface area contributed by atoms with Crippen molar-refractivity contribution in [3.05, 3.63) is 42.5 Å². The summed E-state index contributed by atoms with van der Waals surface area (Å²) in [5, 5.41) is 14.4. The number of carbonyl (C=O) groups is 2. The minimum Gasteiger partial charge on any atom is -0.481 e. The summed E-state index contributed by atoms with van der Waals surface area (Å²) in [5.41, 5.74) is 4.71. The summed E-state index contributed by atoms with van der Waals surface area (Å²) >= 11 is 0. The average molecular weight is 371 g/mol. The highest BCUT2D eigenvalue weighted by atomic mass is 16.5. The molecule has 0 bridgehead atoms. The van der Waals surface area contributed by atoms with Gasteiger partial charge in [-0.2, -0.15) is 0 Å². The number of fused-ring (bicyclic) bond motifs is 1. The van der Waals surface area contributed by atoms with E-state index in [1.54, 1.807) is 6.92 Å². The fourth-order valence-corrected chi connectivity index (χ4v) is 3.16. The maximum atomic E-state index is 12.1. The molecule has 0 spiro atoms. The Balaban J connectivity index is 1.44. The van der Waals surface area contributed by atoms with E-state index in [2.05, 4.69) is 16.2 Å². The van der Waals surface area contributed by atoms with Gasteiger partial charge in [0.25, 0.3) is 5.91 Å². The highest BCUT2D eigenvalue weighted by Crippen LogP contribution is 2.21. The largest absolute Gasteiger partial charge is 0.481 e. The number of nitrogens with one attached hydrogen (secondary N) is 3. The van der Waals surface area contributed by atoms with E-state index in [1.165, 1.54) is 0 Å². The first-order valence-corrected chi connectivity index (χ1v) is 9.21. The highest BCUT2D eigenvalue weighted by Gasteiger charge is 2.21. The number of benzene rings is 2. The molecule has 2 aromatic carbocycles. The second kappa shape index (κ2) is 8.73. The van der Waals surface area contributed by atoms with E-state index < -0.39 is 18.0 Å². The summed E-state index contributed by atoms with van der Waals surface area (Å²) in [6.45, 7) is 1.62. The van der Waals surface area contributed by atoms with Crippen molar-refractivity contribution in [3.63, 3.8) is 0 Å². The molecule has 1 aliphatic carbocycles. The van der Waals surface area contributed by atoms with Crippen molar-refractivity contribution < 1.29 is 19.4 Å². The lowest BCUT2D eigenvalue weighted by molar-refractivity contribution is -0.128. The van der Waals surface area contributed by atoms with Crippen LogP contribution in [0.4, 0.5) is 4.79 Å². The monoisotopic (exact) mass is 371 g/mol. The Kier molecular flexibility index (Phi) is 6.13. The number of hydrazine groups is 1. The third-order valence-corrected chi connectivity index (χ3v) is 4.73. The van der Waals surface area contributed by atoms with Crippen molar-refractivity contribution in [1.29, 1.82) is 0 Å². The molecule has 0 saturated heterocycles. The Labute approximate surface area is 158 Å². The minimum atomic E-state index is -0.767. The number of rotatable bonds is 4. The molecule has 3 amide bonds. The summed E-state index contributed by atoms with van der Waals surface area (Å²) in [6.07, 6.45) is 1.76. The van der Waals surface area contributed by atoms with Gasteiger partial charge in [-0.25, -0.2) is 10.2 Å². The second-order valence-corrected chi connectivity index (χ2v) is 6.86. The minimum absolute atomic E-state index is 0.0107. The summed E-state index contributed by atoms with van der Waals surface area (Å²) in [6, 6.07) is 13.0. The lowest BCUT2D eigenvalue weighted by atomic mass is 9.93. The van der Waals surface area contributed by atoms with Gasteiger partial charge in [-0.1, -0.05) is 30.3 Å². The predicted molar refractivity (Wildman–Crippen MR) is 102 cm³/mol. The lowest BCUT2D eigenvalue weighted by Gasteiger charge is -2.26. The van der Waals surface area contributed by atoms with Crippen LogP contribution < -0.4 is 20.9 Å². The molecule has 0 aliphatic heterocycles. The number of ether oxygens (including phenoxy) is 1. The topological polar surface area (TPSA) is 99.7 Å². The van der Waals surface area contributed by atoms with Gasteiger partial charge in [-0.15, -0.1) is 0 Å². The van der Waals surface area contributed by atoms with Crippen LogP contribution in [0, 0.1) is 0 Å². The zero-order valence-corrected chi connectivity index (χ0v) is 15.3. The first-order chi connectivity index (χ1) is 13.0. The molecule has 3 rings (SSSR count). The van der Waals surface area contributed by atoms with E-state index in [-0.39, 0.29) is 12.1 Å². The molecule has 27 heavy (non-hydrogen) atoms. The molecule has 4 N–H and O–H groups in total. The van der Waals surface area contributed by atoms with Crippen molar-refractivity contribution in [1.82, 2.24) is 16.2 Å². The summed E-state index contributed by atoms with van der Waals surface area (Å²) in [7, 11) is 0. The van der Waals surface area contributed by atoms with Crippen LogP contribution >= 0.6 is 0 Å². The summed E-state index contributed by atoms with van der Waals surface area (Å²) < 4.78 is 5.67. The third kappa shape index (κ3) is 5.34. The van der Waals surface area contributed by atoms with E-state index >= 15 is 0 Å². The van der Waals surface area contributed by atoms with Crippen LogP contribution in [-0.2, 0) is 4.79 Å². The van der Waals surface area contributed by atoms with Crippen molar-refractivity contribution in [2.24, 2.45) is 0 Å². The summed E-state index contributed by atoms with van der Waals surface area (Å²) in [4.78, 5) is 24.0. The second-order valence-electron chi connectivity index (χ2n) is 6.86. The van der Waals surface area contributed by atoms with Gasteiger partial charge in [0.2, 0.25) is 0 Å². The van der Waals surface area contributed by atoms with E-state index in [0.717, 1.165) is 23.6 Å². The van der Waals surface area contributed by atoms with Crippen LogP contribution in [0.5, 0.6) is 5.75 Å². The molecular formula is C20H25N3O4. The Morgan fingerprint density at radius 1 is 1.04 bits per heavy atom. The van der Waals surface area contributed by atoms with E-state index in [9.17, 15) is 14.7 Å². The molecule has 1 aliphatic rings. The molecule has 7 heteroatoms. The molecule has 1 saturated carbocycles.